The maximum absolute atomic E-state index is 6.41. The van der Waals surface area contributed by atoms with Gasteiger partial charge in [0.25, 0.3) is 0 Å². The Bertz CT molecular complexity index is 210. The Morgan fingerprint density at radius 3 is 1.62 bits per heavy atom. The molecule has 1 nitrogen and oxygen atoms in total. The smallest absolute Gasteiger partial charge is 0.172 e. The lowest BCUT2D eigenvalue weighted by Gasteiger charge is -2.27. The first-order chi connectivity index (χ1) is 5.59. The molecule has 0 aromatic carbocycles. The molecular formula is C7H17Cl3NPSi. The van der Waals surface area contributed by atoms with Crippen molar-refractivity contribution in [1.82, 2.24) is 0 Å². The third-order valence-electron chi connectivity index (χ3n) is 1.45. The first-order valence-corrected chi connectivity index (χ1v) is 11.3. The van der Waals surface area contributed by atoms with Crippen LogP contribution in [0.15, 0.2) is 4.41 Å². The molecule has 0 fully saturated rings. The van der Waals surface area contributed by atoms with Gasteiger partial charge in [0, 0.05) is 5.66 Å². The average Bonchev–Trinajstić information content (AvgIpc) is 1.82. The summed E-state index contributed by atoms with van der Waals surface area (Å²) in [5.74, 6) is 0. The van der Waals surface area contributed by atoms with E-state index in [1.807, 2.05) is 13.8 Å². The SMILES string of the molecule is CC(C)P(Cl)(=N[Si](C)(C)C)C(Cl)Cl. The molecule has 0 aliphatic rings. The van der Waals surface area contributed by atoms with E-state index in [-0.39, 0.29) is 5.66 Å². The zero-order chi connectivity index (χ0) is 10.9. The fraction of sp³-hybridized carbons (Fsp3) is 1.00. The second-order valence-electron chi connectivity index (χ2n) is 4.29. The molecule has 0 saturated carbocycles. The second kappa shape index (κ2) is 4.89. The third-order valence-corrected chi connectivity index (χ3v) is 11.9. The van der Waals surface area contributed by atoms with Crippen molar-refractivity contribution in [3.05, 3.63) is 0 Å². The van der Waals surface area contributed by atoms with Gasteiger partial charge < -0.3 is 4.41 Å². The van der Waals surface area contributed by atoms with Gasteiger partial charge in [0.15, 0.2) is 12.8 Å². The molecule has 0 N–H and O–H groups in total. The highest BCUT2D eigenvalue weighted by molar-refractivity contribution is 7.94. The minimum absolute atomic E-state index is 0.251. The molecule has 0 spiro atoms. The van der Waals surface area contributed by atoms with Gasteiger partial charge >= 0.3 is 0 Å². The molecule has 0 bridgehead atoms. The van der Waals surface area contributed by atoms with Crippen LogP contribution in [-0.4, -0.2) is 18.5 Å². The molecule has 0 saturated heterocycles. The van der Waals surface area contributed by atoms with Gasteiger partial charge in [-0.2, -0.15) is 0 Å². The van der Waals surface area contributed by atoms with E-state index in [1.165, 1.54) is 0 Å². The van der Waals surface area contributed by atoms with Gasteiger partial charge in [-0.3, -0.25) is 0 Å². The Labute approximate surface area is 97.1 Å². The average molecular weight is 281 g/mol. The van der Waals surface area contributed by atoms with Crippen molar-refractivity contribution in [3.63, 3.8) is 0 Å². The van der Waals surface area contributed by atoms with Gasteiger partial charge in [0.1, 0.15) is 0 Å². The summed E-state index contributed by atoms with van der Waals surface area (Å²) in [7, 11) is -1.54. The highest BCUT2D eigenvalue weighted by atomic mass is 35.7. The fourth-order valence-corrected chi connectivity index (χ4v) is 10.4. The van der Waals surface area contributed by atoms with Crippen molar-refractivity contribution in [2.75, 3.05) is 0 Å². The lowest BCUT2D eigenvalue weighted by molar-refractivity contribution is 1.09. The molecule has 0 radical (unpaired) electrons. The third kappa shape index (κ3) is 4.57. The predicted octanol–water partition coefficient (Wildman–Crippen LogP) is 5.35. The van der Waals surface area contributed by atoms with E-state index in [0.29, 0.717) is 0 Å². The van der Waals surface area contributed by atoms with E-state index in [4.69, 9.17) is 38.9 Å². The molecular weight excluding hydrogens is 264 g/mol. The largest absolute Gasteiger partial charge is 0.321 e. The van der Waals surface area contributed by atoms with Crippen molar-refractivity contribution in [2.24, 2.45) is 4.41 Å². The molecule has 13 heavy (non-hydrogen) atoms. The van der Waals surface area contributed by atoms with Crippen molar-refractivity contribution < 1.29 is 0 Å². The maximum Gasteiger partial charge on any atom is 0.172 e. The Morgan fingerprint density at radius 1 is 1.15 bits per heavy atom. The topological polar surface area (TPSA) is 12.4 Å². The van der Waals surface area contributed by atoms with E-state index in [9.17, 15) is 0 Å². The van der Waals surface area contributed by atoms with E-state index in [2.05, 4.69) is 19.6 Å². The summed E-state index contributed by atoms with van der Waals surface area (Å²) in [5, 5.41) is 0. The predicted molar refractivity (Wildman–Crippen MR) is 69.2 cm³/mol. The Morgan fingerprint density at radius 2 is 1.54 bits per heavy atom. The number of rotatable bonds is 3. The normalized spacial score (nSPS) is 17.7. The molecule has 1 unspecified atom stereocenters. The molecule has 0 aliphatic heterocycles. The summed E-state index contributed by atoms with van der Waals surface area (Å²) < 4.78 is 4.15. The summed E-state index contributed by atoms with van der Waals surface area (Å²) in [6.07, 6.45) is -2.04. The van der Waals surface area contributed by atoms with Crippen LogP contribution in [0.25, 0.3) is 0 Å². The Kier molecular flexibility index (Phi) is 5.39. The van der Waals surface area contributed by atoms with Crippen LogP contribution in [0.4, 0.5) is 0 Å². The van der Waals surface area contributed by atoms with E-state index in [1.54, 1.807) is 0 Å². The molecule has 80 valence electrons. The first-order valence-electron chi connectivity index (χ1n) is 4.20. The Balaban J connectivity index is 5.14. The van der Waals surface area contributed by atoms with E-state index in [0.717, 1.165) is 0 Å². The van der Waals surface area contributed by atoms with Crippen LogP contribution in [0.1, 0.15) is 13.8 Å². The van der Waals surface area contributed by atoms with Crippen LogP contribution in [0, 0.1) is 0 Å². The van der Waals surface area contributed by atoms with Crippen molar-refractivity contribution in [1.29, 1.82) is 0 Å². The standard InChI is InChI=1S/C7H17Cl3NPSi/c1-6(2)12(10,7(8)9)11-13(3,4)5/h6-7H,1-5H3. The number of nitrogens with zero attached hydrogens (tertiary/aromatic N) is 1. The van der Waals surface area contributed by atoms with Gasteiger partial charge in [-0.05, 0) is 0 Å². The van der Waals surface area contributed by atoms with Gasteiger partial charge in [0.05, 0.1) is 6.41 Å². The van der Waals surface area contributed by atoms with Gasteiger partial charge in [-0.1, -0.05) is 67.9 Å². The second-order valence-corrected chi connectivity index (χ2v) is 15.6. The molecule has 0 amide bonds. The monoisotopic (exact) mass is 279 g/mol. The molecule has 6 heteroatoms. The zero-order valence-corrected chi connectivity index (χ0v) is 12.8. The van der Waals surface area contributed by atoms with E-state index >= 15 is 0 Å². The summed E-state index contributed by atoms with van der Waals surface area (Å²) >= 11 is 18.2. The van der Waals surface area contributed by atoms with Gasteiger partial charge in [0.2, 0.25) is 0 Å². The zero-order valence-electron chi connectivity index (χ0n) is 8.68. The maximum atomic E-state index is 6.41. The van der Waals surface area contributed by atoms with E-state index < -0.39 is 19.2 Å². The minimum atomic E-state index is -2.04. The van der Waals surface area contributed by atoms with Crippen molar-refractivity contribution in [3.8, 4) is 0 Å². The quantitative estimate of drug-likeness (QED) is 0.375. The summed E-state index contributed by atoms with van der Waals surface area (Å²) in [5.41, 5.74) is 0.251. The molecule has 0 heterocycles. The van der Waals surface area contributed by atoms with Gasteiger partial charge in [-0.15, -0.1) is 0 Å². The van der Waals surface area contributed by atoms with Crippen LogP contribution < -0.4 is 0 Å². The lowest BCUT2D eigenvalue weighted by atomic mass is 10.6. The minimum Gasteiger partial charge on any atom is -0.321 e. The number of hydrogen-bond acceptors (Lipinski definition) is 1. The highest BCUT2D eigenvalue weighted by Crippen LogP contribution is 2.66. The summed E-state index contributed by atoms with van der Waals surface area (Å²) in [6, 6.07) is 0. The molecule has 0 aromatic heterocycles. The number of hydrogen-bond donors (Lipinski definition) is 0. The molecule has 1 atom stereocenters. The van der Waals surface area contributed by atoms with Crippen LogP contribution >= 0.6 is 40.8 Å². The molecule has 0 aromatic rings. The van der Waals surface area contributed by atoms with Crippen molar-refractivity contribution >= 4 is 49.1 Å². The number of halogens is 3. The van der Waals surface area contributed by atoms with Crippen LogP contribution in [0.3, 0.4) is 0 Å². The highest BCUT2D eigenvalue weighted by Gasteiger charge is 2.31. The lowest BCUT2D eigenvalue weighted by Crippen LogP contribution is -2.17. The molecule has 0 rings (SSSR count). The molecule has 0 aliphatic carbocycles. The Hall–Kier alpha value is 1.32. The summed E-state index contributed by atoms with van der Waals surface area (Å²) in [6.45, 7) is 10.5. The first kappa shape index (κ1) is 14.3. The van der Waals surface area contributed by atoms with Gasteiger partial charge in [-0.25, -0.2) is 0 Å². The number of alkyl halides is 2. The van der Waals surface area contributed by atoms with Crippen molar-refractivity contribution in [2.45, 2.75) is 43.7 Å². The fourth-order valence-electron chi connectivity index (χ4n) is 0.844. The summed E-state index contributed by atoms with van der Waals surface area (Å²) in [4.78, 5) is 0. The van der Waals surface area contributed by atoms with Crippen LogP contribution in [0.5, 0.6) is 0 Å². The van der Waals surface area contributed by atoms with Crippen LogP contribution in [0.2, 0.25) is 19.6 Å². The van der Waals surface area contributed by atoms with Crippen LogP contribution in [-0.2, 0) is 0 Å².